The van der Waals surface area contributed by atoms with Crippen LogP contribution in [-0.2, 0) is 16.1 Å². The molecule has 0 fully saturated rings. The second kappa shape index (κ2) is 13.8. The van der Waals surface area contributed by atoms with Gasteiger partial charge in [0.15, 0.2) is 0 Å². The van der Waals surface area contributed by atoms with Crippen LogP contribution in [0.4, 0.5) is 0 Å². The first kappa shape index (κ1) is 26.6. The number of carbonyl (C=O) groups is 2. The Kier molecular flexibility index (Phi) is 11.4. The number of benzene rings is 2. The predicted molar refractivity (Wildman–Crippen MR) is 135 cm³/mol. The van der Waals surface area contributed by atoms with E-state index in [9.17, 15) is 9.59 Å². The molecule has 0 aliphatic rings. The molecular formula is C25H32Cl2N2O2S. The maximum Gasteiger partial charge on any atom is 0.243 e. The quantitative estimate of drug-likeness (QED) is 0.267. The molecular weight excluding hydrogens is 463 g/mol. The van der Waals surface area contributed by atoms with Crippen molar-refractivity contribution in [3.05, 3.63) is 64.1 Å². The molecule has 7 heteroatoms. The fourth-order valence-electron chi connectivity index (χ4n) is 3.26. The van der Waals surface area contributed by atoms with Gasteiger partial charge in [0.1, 0.15) is 6.04 Å². The normalized spacial score (nSPS) is 12.8. The molecule has 0 radical (unpaired) electrons. The van der Waals surface area contributed by atoms with Crippen LogP contribution in [-0.4, -0.2) is 34.6 Å². The van der Waals surface area contributed by atoms with E-state index in [2.05, 4.69) is 5.32 Å². The van der Waals surface area contributed by atoms with Crippen LogP contribution >= 0.6 is 35.0 Å². The molecule has 2 aromatic rings. The lowest BCUT2D eigenvalue weighted by Gasteiger charge is -2.31. The lowest BCUT2D eigenvalue weighted by Crippen LogP contribution is -2.50. The van der Waals surface area contributed by atoms with Gasteiger partial charge in [-0.3, -0.25) is 9.59 Å². The lowest BCUT2D eigenvalue weighted by atomic mass is 10.1. The molecule has 2 amide bonds. The number of thioether (sulfide) groups is 1. The van der Waals surface area contributed by atoms with Crippen molar-refractivity contribution in [2.45, 2.75) is 70.0 Å². The summed E-state index contributed by atoms with van der Waals surface area (Å²) in [5.74, 6) is 0.661. The van der Waals surface area contributed by atoms with E-state index in [0.29, 0.717) is 35.9 Å². The molecule has 32 heavy (non-hydrogen) atoms. The monoisotopic (exact) mass is 494 g/mol. The van der Waals surface area contributed by atoms with Crippen molar-refractivity contribution >= 4 is 46.8 Å². The number of rotatable bonds is 12. The molecule has 4 nitrogen and oxygen atoms in total. The Labute approximate surface area is 206 Å². The zero-order valence-corrected chi connectivity index (χ0v) is 21.3. The minimum absolute atomic E-state index is 0.0345. The van der Waals surface area contributed by atoms with Gasteiger partial charge < -0.3 is 10.2 Å². The molecule has 2 rings (SSSR count). The Morgan fingerprint density at radius 2 is 1.72 bits per heavy atom. The van der Waals surface area contributed by atoms with Gasteiger partial charge in [-0.2, -0.15) is 0 Å². The highest BCUT2D eigenvalue weighted by molar-refractivity contribution is 7.99. The molecule has 0 unspecified atom stereocenters. The summed E-state index contributed by atoms with van der Waals surface area (Å²) in [5.41, 5.74) is 0.841. The minimum atomic E-state index is -0.531. The number of amides is 2. The van der Waals surface area contributed by atoms with E-state index >= 15 is 0 Å². The van der Waals surface area contributed by atoms with Crippen molar-refractivity contribution in [3.63, 3.8) is 0 Å². The van der Waals surface area contributed by atoms with Crippen LogP contribution in [0.2, 0.25) is 10.0 Å². The van der Waals surface area contributed by atoms with Gasteiger partial charge in [0.2, 0.25) is 11.8 Å². The molecule has 2 aromatic carbocycles. The van der Waals surface area contributed by atoms with Crippen LogP contribution in [0.15, 0.2) is 53.4 Å². The van der Waals surface area contributed by atoms with Gasteiger partial charge in [-0.25, -0.2) is 0 Å². The molecule has 174 valence electrons. The Morgan fingerprint density at radius 1 is 1.03 bits per heavy atom. The van der Waals surface area contributed by atoms with Crippen molar-refractivity contribution in [2.24, 2.45) is 0 Å². The van der Waals surface area contributed by atoms with Crippen LogP contribution in [0.25, 0.3) is 0 Å². The molecule has 0 saturated heterocycles. The first-order valence-electron chi connectivity index (χ1n) is 11.1. The maximum atomic E-state index is 13.3. The summed E-state index contributed by atoms with van der Waals surface area (Å²) < 4.78 is 0. The third-order valence-corrected chi connectivity index (χ3v) is 7.02. The Balaban J connectivity index is 2.07. The topological polar surface area (TPSA) is 49.4 Å². The SMILES string of the molecule is CC[C@H](C(=O)N[C@@H](C)CC)N(Cc1ccccc1Cl)C(=O)CCCSc1ccc(Cl)cc1. The van der Waals surface area contributed by atoms with Gasteiger partial charge in [0.25, 0.3) is 0 Å². The Hall–Kier alpha value is -1.69. The van der Waals surface area contributed by atoms with Crippen LogP contribution < -0.4 is 5.32 Å². The number of hydrogen-bond acceptors (Lipinski definition) is 3. The summed E-state index contributed by atoms with van der Waals surface area (Å²) in [7, 11) is 0. The average Bonchev–Trinajstić information content (AvgIpc) is 2.78. The average molecular weight is 496 g/mol. The Bertz CT molecular complexity index is 877. The molecule has 0 bridgehead atoms. The minimum Gasteiger partial charge on any atom is -0.352 e. The van der Waals surface area contributed by atoms with Crippen LogP contribution in [0.1, 0.15) is 52.0 Å². The van der Waals surface area contributed by atoms with E-state index in [1.807, 2.05) is 69.3 Å². The fourth-order valence-corrected chi connectivity index (χ4v) is 4.43. The van der Waals surface area contributed by atoms with E-state index < -0.39 is 6.04 Å². The zero-order chi connectivity index (χ0) is 23.5. The molecule has 0 spiro atoms. The zero-order valence-electron chi connectivity index (χ0n) is 18.9. The standard InChI is InChI=1S/C25H32Cl2N2O2S/c1-4-18(3)28-25(31)23(5-2)29(17-19-9-6-7-10-22(19)27)24(30)11-8-16-32-21-14-12-20(26)13-15-21/h6-7,9-10,12-15,18,23H,4-5,8,11,16-17H2,1-3H3,(H,28,31)/t18-,23+/m0/s1. The summed E-state index contributed by atoms with van der Waals surface area (Å²) in [6, 6.07) is 14.7. The fraction of sp³-hybridized carbons (Fsp3) is 0.440. The van der Waals surface area contributed by atoms with E-state index in [0.717, 1.165) is 22.6 Å². The number of hydrogen-bond donors (Lipinski definition) is 1. The smallest absolute Gasteiger partial charge is 0.243 e. The van der Waals surface area contributed by atoms with E-state index in [-0.39, 0.29) is 17.9 Å². The third kappa shape index (κ3) is 8.34. The largest absolute Gasteiger partial charge is 0.352 e. The van der Waals surface area contributed by atoms with Gasteiger partial charge in [-0.05, 0) is 67.8 Å². The number of halogens is 2. The van der Waals surface area contributed by atoms with Gasteiger partial charge in [0.05, 0.1) is 0 Å². The third-order valence-electron chi connectivity index (χ3n) is 5.30. The summed E-state index contributed by atoms with van der Waals surface area (Å²) >= 11 is 14.0. The first-order chi connectivity index (χ1) is 15.3. The predicted octanol–water partition coefficient (Wildman–Crippen LogP) is 6.59. The van der Waals surface area contributed by atoms with Crippen molar-refractivity contribution in [1.82, 2.24) is 10.2 Å². The number of carbonyl (C=O) groups excluding carboxylic acids is 2. The highest BCUT2D eigenvalue weighted by Crippen LogP contribution is 2.23. The van der Waals surface area contributed by atoms with Crippen LogP contribution in [0.3, 0.4) is 0 Å². The first-order valence-corrected chi connectivity index (χ1v) is 12.8. The molecule has 0 aliphatic carbocycles. The van der Waals surface area contributed by atoms with E-state index in [1.54, 1.807) is 16.7 Å². The number of nitrogens with one attached hydrogen (secondary N) is 1. The molecule has 0 aromatic heterocycles. The second-order valence-corrected chi connectivity index (χ2v) is 9.77. The van der Waals surface area contributed by atoms with Crippen LogP contribution in [0.5, 0.6) is 0 Å². The van der Waals surface area contributed by atoms with Crippen molar-refractivity contribution < 1.29 is 9.59 Å². The van der Waals surface area contributed by atoms with Crippen molar-refractivity contribution in [1.29, 1.82) is 0 Å². The number of nitrogens with zero attached hydrogens (tertiary/aromatic N) is 1. The van der Waals surface area contributed by atoms with Gasteiger partial charge in [-0.1, -0.05) is 55.2 Å². The van der Waals surface area contributed by atoms with Crippen molar-refractivity contribution in [2.75, 3.05) is 5.75 Å². The van der Waals surface area contributed by atoms with Crippen molar-refractivity contribution in [3.8, 4) is 0 Å². The van der Waals surface area contributed by atoms with Gasteiger partial charge in [0, 0.05) is 33.9 Å². The lowest BCUT2D eigenvalue weighted by molar-refractivity contribution is -0.141. The molecule has 1 N–H and O–H groups in total. The van der Waals surface area contributed by atoms with Crippen LogP contribution in [0, 0.1) is 0 Å². The second-order valence-electron chi connectivity index (χ2n) is 7.76. The summed E-state index contributed by atoms with van der Waals surface area (Å²) in [4.78, 5) is 29.0. The molecule has 0 aliphatic heterocycles. The maximum absolute atomic E-state index is 13.3. The highest BCUT2D eigenvalue weighted by atomic mass is 35.5. The molecule has 0 heterocycles. The summed E-state index contributed by atoms with van der Waals surface area (Å²) in [5, 5.41) is 4.34. The van der Waals surface area contributed by atoms with Gasteiger partial charge >= 0.3 is 0 Å². The molecule has 2 atom stereocenters. The van der Waals surface area contributed by atoms with Gasteiger partial charge in [-0.15, -0.1) is 11.8 Å². The van der Waals surface area contributed by atoms with E-state index in [4.69, 9.17) is 23.2 Å². The molecule has 0 saturated carbocycles. The Morgan fingerprint density at radius 3 is 2.34 bits per heavy atom. The summed E-state index contributed by atoms with van der Waals surface area (Å²) in [6.45, 7) is 6.25. The van der Waals surface area contributed by atoms with E-state index in [1.165, 1.54) is 0 Å². The summed E-state index contributed by atoms with van der Waals surface area (Å²) in [6.07, 6.45) is 2.47. The highest BCUT2D eigenvalue weighted by Gasteiger charge is 2.29.